The first kappa shape index (κ1) is 12.9. The number of aliphatic carboxylic acids is 1. The lowest BCUT2D eigenvalue weighted by molar-refractivity contribution is -0.155. The molecule has 3 rings (SSSR count). The molecular formula is C14H21NO4. The van der Waals surface area contributed by atoms with Crippen molar-refractivity contribution < 1.29 is 19.4 Å². The first-order valence-corrected chi connectivity index (χ1v) is 7.35. The molecule has 2 heterocycles. The maximum atomic E-state index is 12.5. The Balaban J connectivity index is 1.63. The second-order valence-corrected chi connectivity index (χ2v) is 5.96. The number of likely N-dealkylation sites (tertiary alicyclic amines) is 1. The number of fused-ring (bicyclic) bond motifs is 1. The van der Waals surface area contributed by atoms with Gasteiger partial charge in [-0.3, -0.25) is 4.79 Å². The van der Waals surface area contributed by atoms with Crippen molar-refractivity contribution in [1.82, 2.24) is 4.90 Å². The van der Waals surface area contributed by atoms with E-state index in [1.165, 1.54) is 19.3 Å². The topological polar surface area (TPSA) is 66.8 Å². The number of carbonyl (C=O) groups excluding carboxylic acids is 1. The Hall–Kier alpha value is -1.10. The summed E-state index contributed by atoms with van der Waals surface area (Å²) in [5.41, 5.74) is 0. The number of hydrogen-bond donors (Lipinski definition) is 1. The van der Waals surface area contributed by atoms with Crippen LogP contribution in [0.2, 0.25) is 0 Å². The van der Waals surface area contributed by atoms with Gasteiger partial charge in [-0.1, -0.05) is 12.8 Å². The normalized spacial score (nSPS) is 38.2. The summed E-state index contributed by atoms with van der Waals surface area (Å²) >= 11 is 0. The highest BCUT2D eigenvalue weighted by Gasteiger charge is 2.43. The molecule has 1 saturated carbocycles. The van der Waals surface area contributed by atoms with Gasteiger partial charge in [0.25, 0.3) is 5.91 Å². The van der Waals surface area contributed by atoms with Crippen LogP contribution in [0.5, 0.6) is 0 Å². The van der Waals surface area contributed by atoms with E-state index in [0.717, 1.165) is 19.4 Å². The SMILES string of the molecule is O=C(O)[C@H]1CC[C@@H](C(=O)N2CCC3CCCCC32)O1. The van der Waals surface area contributed by atoms with Crippen molar-refractivity contribution in [3.05, 3.63) is 0 Å². The van der Waals surface area contributed by atoms with Gasteiger partial charge in [-0.15, -0.1) is 0 Å². The average Bonchev–Trinajstić information content (AvgIpc) is 3.05. The fourth-order valence-electron chi connectivity index (χ4n) is 3.86. The predicted molar refractivity (Wildman–Crippen MR) is 67.6 cm³/mol. The van der Waals surface area contributed by atoms with Crippen molar-refractivity contribution in [3.8, 4) is 0 Å². The maximum absolute atomic E-state index is 12.5. The van der Waals surface area contributed by atoms with Crippen molar-refractivity contribution in [2.45, 2.75) is 63.2 Å². The van der Waals surface area contributed by atoms with E-state index in [1.54, 1.807) is 0 Å². The molecule has 5 nitrogen and oxygen atoms in total. The number of rotatable bonds is 2. The summed E-state index contributed by atoms with van der Waals surface area (Å²) in [6.45, 7) is 0.825. The molecule has 19 heavy (non-hydrogen) atoms. The number of amides is 1. The summed E-state index contributed by atoms with van der Waals surface area (Å²) in [4.78, 5) is 25.3. The standard InChI is InChI=1S/C14H21NO4/c16-13(11-5-6-12(19-11)14(17)18)15-8-7-9-3-1-2-4-10(9)15/h9-12H,1-8H2,(H,17,18)/t9?,10?,11-,12+/m0/s1. The second kappa shape index (κ2) is 5.12. The number of ether oxygens (including phenoxy) is 1. The molecule has 4 atom stereocenters. The summed E-state index contributed by atoms with van der Waals surface area (Å²) in [5.74, 6) is -0.264. The van der Waals surface area contributed by atoms with Crippen LogP contribution in [0.4, 0.5) is 0 Å². The lowest BCUT2D eigenvalue weighted by Crippen LogP contribution is -2.44. The summed E-state index contributed by atoms with van der Waals surface area (Å²) in [6, 6.07) is 0.383. The zero-order chi connectivity index (χ0) is 13.4. The zero-order valence-electron chi connectivity index (χ0n) is 11.1. The third-order valence-corrected chi connectivity index (χ3v) is 4.86. The van der Waals surface area contributed by atoms with E-state index in [-0.39, 0.29) is 5.91 Å². The van der Waals surface area contributed by atoms with Crippen LogP contribution in [0, 0.1) is 5.92 Å². The van der Waals surface area contributed by atoms with Crippen LogP contribution in [0.3, 0.4) is 0 Å². The quantitative estimate of drug-likeness (QED) is 0.821. The Kier molecular flexibility index (Phi) is 3.48. The molecule has 0 aromatic rings. The monoisotopic (exact) mass is 267 g/mol. The molecular weight excluding hydrogens is 246 g/mol. The molecule has 1 N–H and O–H groups in total. The van der Waals surface area contributed by atoms with Gasteiger partial charge in [0.15, 0.2) is 6.10 Å². The lowest BCUT2D eigenvalue weighted by atomic mass is 9.85. The third kappa shape index (κ3) is 2.36. The van der Waals surface area contributed by atoms with Crippen molar-refractivity contribution in [2.75, 3.05) is 6.54 Å². The van der Waals surface area contributed by atoms with Gasteiger partial charge < -0.3 is 14.7 Å². The predicted octanol–water partition coefficient (Wildman–Crippen LogP) is 1.41. The minimum atomic E-state index is -0.952. The minimum absolute atomic E-state index is 0.0261. The number of carboxylic acid groups (broad SMARTS) is 1. The number of carbonyl (C=O) groups is 2. The van der Waals surface area contributed by atoms with Gasteiger partial charge in [-0.2, -0.15) is 0 Å². The molecule has 1 amide bonds. The van der Waals surface area contributed by atoms with Crippen LogP contribution in [-0.4, -0.2) is 46.7 Å². The Labute approximate surface area is 112 Å². The van der Waals surface area contributed by atoms with E-state index in [4.69, 9.17) is 9.84 Å². The average molecular weight is 267 g/mol. The molecule has 2 aliphatic heterocycles. The second-order valence-electron chi connectivity index (χ2n) is 5.96. The molecule has 0 aromatic carbocycles. The van der Waals surface area contributed by atoms with Gasteiger partial charge in [0.1, 0.15) is 6.10 Å². The van der Waals surface area contributed by atoms with Crippen LogP contribution < -0.4 is 0 Å². The first-order valence-electron chi connectivity index (χ1n) is 7.35. The molecule has 1 aliphatic carbocycles. The molecule has 2 unspecified atom stereocenters. The zero-order valence-corrected chi connectivity index (χ0v) is 11.1. The molecule has 0 spiro atoms. The highest BCUT2D eigenvalue weighted by molar-refractivity contribution is 5.83. The van der Waals surface area contributed by atoms with Gasteiger partial charge in [0.2, 0.25) is 0 Å². The smallest absolute Gasteiger partial charge is 0.332 e. The van der Waals surface area contributed by atoms with E-state index >= 15 is 0 Å². The fraction of sp³-hybridized carbons (Fsp3) is 0.857. The highest BCUT2D eigenvalue weighted by atomic mass is 16.5. The molecule has 0 bridgehead atoms. The Bertz CT molecular complexity index is 384. The minimum Gasteiger partial charge on any atom is -0.479 e. The Morgan fingerprint density at radius 2 is 1.74 bits per heavy atom. The fourth-order valence-corrected chi connectivity index (χ4v) is 3.86. The van der Waals surface area contributed by atoms with E-state index in [0.29, 0.717) is 24.8 Å². The Morgan fingerprint density at radius 3 is 2.47 bits per heavy atom. The van der Waals surface area contributed by atoms with Crippen LogP contribution in [0.1, 0.15) is 44.9 Å². The van der Waals surface area contributed by atoms with Crippen LogP contribution in [0.15, 0.2) is 0 Å². The summed E-state index contributed by atoms with van der Waals surface area (Å²) in [7, 11) is 0. The first-order chi connectivity index (χ1) is 9.16. The lowest BCUT2D eigenvalue weighted by Gasteiger charge is -2.32. The molecule has 0 radical (unpaired) electrons. The van der Waals surface area contributed by atoms with Crippen LogP contribution in [-0.2, 0) is 14.3 Å². The molecule has 5 heteroatoms. The highest BCUT2D eigenvalue weighted by Crippen LogP contribution is 2.37. The molecule has 3 aliphatic rings. The number of carboxylic acids is 1. The number of hydrogen-bond acceptors (Lipinski definition) is 3. The van der Waals surface area contributed by atoms with Gasteiger partial charge in [-0.05, 0) is 38.0 Å². The third-order valence-electron chi connectivity index (χ3n) is 4.86. The Morgan fingerprint density at radius 1 is 1.00 bits per heavy atom. The van der Waals surface area contributed by atoms with Gasteiger partial charge in [-0.25, -0.2) is 4.79 Å². The summed E-state index contributed by atoms with van der Waals surface area (Å²) in [5, 5.41) is 8.92. The van der Waals surface area contributed by atoms with E-state index in [9.17, 15) is 9.59 Å². The van der Waals surface area contributed by atoms with Gasteiger partial charge >= 0.3 is 5.97 Å². The van der Waals surface area contributed by atoms with Crippen molar-refractivity contribution in [2.24, 2.45) is 5.92 Å². The van der Waals surface area contributed by atoms with E-state index in [2.05, 4.69) is 0 Å². The van der Waals surface area contributed by atoms with Crippen molar-refractivity contribution in [3.63, 3.8) is 0 Å². The van der Waals surface area contributed by atoms with Gasteiger partial charge in [0, 0.05) is 12.6 Å². The van der Waals surface area contributed by atoms with Crippen LogP contribution >= 0.6 is 0 Å². The molecule has 106 valence electrons. The van der Waals surface area contributed by atoms with Crippen molar-refractivity contribution >= 4 is 11.9 Å². The van der Waals surface area contributed by atoms with Crippen molar-refractivity contribution in [1.29, 1.82) is 0 Å². The molecule has 2 saturated heterocycles. The van der Waals surface area contributed by atoms with E-state index < -0.39 is 18.2 Å². The summed E-state index contributed by atoms with van der Waals surface area (Å²) < 4.78 is 5.39. The van der Waals surface area contributed by atoms with Gasteiger partial charge in [0.05, 0.1) is 0 Å². The molecule has 3 fully saturated rings. The number of nitrogens with zero attached hydrogens (tertiary/aromatic N) is 1. The largest absolute Gasteiger partial charge is 0.479 e. The van der Waals surface area contributed by atoms with E-state index in [1.807, 2.05) is 4.90 Å². The summed E-state index contributed by atoms with van der Waals surface area (Å²) in [6.07, 6.45) is 5.60. The van der Waals surface area contributed by atoms with Crippen LogP contribution in [0.25, 0.3) is 0 Å². The molecule has 0 aromatic heterocycles. The maximum Gasteiger partial charge on any atom is 0.332 e.